The fraction of sp³-hybridized carbons (Fsp3) is 0.208. The lowest BCUT2D eigenvalue weighted by Gasteiger charge is -2.27. The molecule has 0 bridgehead atoms. The van der Waals surface area contributed by atoms with Crippen molar-refractivity contribution < 1.29 is 28.5 Å². The van der Waals surface area contributed by atoms with Crippen molar-refractivity contribution in [3.63, 3.8) is 0 Å². The van der Waals surface area contributed by atoms with Crippen molar-refractivity contribution in [3.05, 3.63) is 81.4 Å². The summed E-state index contributed by atoms with van der Waals surface area (Å²) in [5, 5.41) is 9.95. The van der Waals surface area contributed by atoms with Crippen LogP contribution in [0.1, 0.15) is 35.7 Å². The van der Waals surface area contributed by atoms with Crippen LogP contribution in [-0.2, 0) is 14.3 Å². The van der Waals surface area contributed by atoms with E-state index in [1.807, 2.05) is 6.07 Å². The quantitative estimate of drug-likeness (QED) is 0.494. The molecule has 8 nitrogen and oxygen atoms in total. The number of nitrogens with zero attached hydrogens (tertiary/aromatic N) is 1. The molecule has 170 valence electrons. The van der Waals surface area contributed by atoms with Gasteiger partial charge >= 0.3 is 11.9 Å². The molecular weight excluding hydrogens is 448 g/mol. The minimum atomic E-state index is -0.856. The van der Waals surface area contributed by atoms with E-state index in [9.17, 15) is 14.9 Å². The highest BCUT2D eigenvalue weighted by molar-refractivity contribution is 6.33. The molecule has 0 amide bonds. The molecule has 0 aliphatic carbocycles. The molecule has 2 aromatic carbocycles. The van der Waals surface area contributed by atoms with E-state index < -0.39 is 17.9 Å². The second-order valence-electron chi connectivity index (χ2n) is 6.89. The number of hydrogen-bond donors (Lipinski definition) is 1. The molecule has 1 atom stereocenters. The van der Waals surface area contributed by atoms with E-state index in [0.29, 0.717) is 5.56 Å². The Hall–Kier alpha value is -3.96. The summed E-state index contributed by atoms with van der Waals surface area (Å²) in [6.45, 7) is 3.38. The van der Waals surface area contributed by atoms with Crippen LogP contribution in [0.15, 0.2) is 65.3 Å². The van der Waals surface area contributed by atoms with Crippen molar-refractivity contribution in [1.82, 2.24) is 0 Å². The van der Waals surface area contributed by atoms with Crippen LogP contribution in [0.5, 0.6) is 11.5 Å². The summed E-state index contributed by atoms with van der Waals surface area (Å²) in [6, 6.07) is 13.2. The van der Waals surface area contributed by atoms with Crippen molar-refractivity contribution in [2.75, 3.05) is 13.7 Å². The molecule has 2 N–H and O–H groups in total. The van der Waals surface area contributed by atoms with Crippen molar-refractivity contribution in [3.8, 4) is 17.6 Å². The van der Waals surface area contributed by atoms with Crippen molar-refractivity contribution >= 4 is 23.5 Å². The van der Waals surface area contributed by atoms with Gasteiger partial charge in [-0.05, 0) is 43.7 Å². The van der Waals surface area contributed by atoms with E-state index in [0.717, 1.165) is 0 Å². The second-order valence-corrected chi connectivity index (χ2v) is 7.30. The first kappa shape index (κ1) is 23.7. The number of carbonyl (C=O) groups excluding carboxylic acids is 2. The van der Waals surface area contributed by atoms with Crippen LogP contribution in [0.2, 0.25) is 5.02 Å². The zero-order valence-electron chi connectivity index (χ0n) is 18.2. The Labute approximate surface area is 195 Å². The molecule has 0 saturated heterocycles. The number of allylic oxidation sites excluding steroid dienone is 2. The maximum atomic E-state index is 12.7. The molecule has 0 spiro atoms. The predicted molar refractivity (Wildman–Crippen MR) is 119 cm³/mol. The van der Waals surface area contributed by atoms with Crippen molar-refractivity contribution in [2.45, 2.75) is 19.8 Å². The Morgan fingerprint density at radius 1 is 1.18 bits per heavy atom. The van der Waals surface area contributed by atoms with Gasteiger partial charge in [-0.15, -0.1) is 0 Å². The first-order valence-electron chi connectivity index (χ1n) is 9.92. The number of hydrogen-bond acceptors (Lipinski definition) is 8. The average molecular weight is 469 g/mol. The summed E-state index contributed by atoms with van der Waals surface area (Å²) in [6.07, 6.45) is 0. The van der Waals surface area contributed by atoms with E-state index in [4.69, 9.17) is 36.3 Å². The Morgan fingerprint density at radius 2 is 1.91 bits per heavy atom. The molecule has 3 rings (SSSR count). The minimum Gasteiger partial charge on any atom is -0.493 e. The second kappa shape index (κ2) is 10.1. The summed E-state index contributed by atoms with van der Waals surface area (Å²) in [4.78, 5) is 25.2. The standard InChI is InChI=1S/C24H21ClN2O6/c1-4-31-24(29)20-13(2)32-22(27)16(12-26)21(20)14-9-10-18(19(11-14)30-3)33-23(28)15-7-5-6-8-17(15)25/h5-11,21H,4,27H2,1-3H3. The summed E-state index contributed by atoms with van der Waals surface area (Å²) in [5.41, 5.74) is 6.81. The van der Waals surface area contributed by atoms with Gasteiger partial charge in [0.2, 0.25) is 5.88 Å². The fourth-order valence-electron chi connectivity index (χ4n) is 3.42. The van der Waals surface area contributed by atoms with Crippen molar-refractivity contribution in [1.29, 1.82) is 5.26 Å². The van der Waals surface area contributed by atoms with E-state index >= 15 is 0 Å². The molecule has 1 aliphatic heterocycles. The lowest BCUT2D eigenvalue weighted by atomic mass is 9.83. The van der Waals surface area contributed by atoms with E-state index in [-0.39, 0.29) is 51.5 Å². The van der Waals surface area contributed by atoms with Crippen LogP contribution in [0, 0.1) is 11.3 Å². The molecular formula is C24H21ClN2O6. The molecule has 0 radical (unpaired) electrons. The molecule has 1 aliphatic rings. The third-order valence-electron chi connectivity index (χ3n) is 4.92. The van der Waals surface area contributed by atoms with Gasteiger partial charge in [-0.3, -0.25) is 0 Å². The maximum Gasteiger partial charge on any atom is 0.345 e. The van der Waals surface area contributed by atoms with Gasteiger partial charge < -0.3 is 24.7 Å². The smallest absolute Gasteiger partial charge is 0.345 e. The zero-order valence-corrected chi connectivity index (χ0v) is 18.9. The molecule has 0 saturated carbocycles. The number of halogens is 1. The Morgan fingerprint density at radius 3 is 2.55 bits per heavy atom. The number of nitriles is 1. The number of carbonyl (C=O) groups is 2. The highest BCUT2D eigenvalue weighted by Crippen LogP contribution is 2.42. The Balaban J connectivity index is 2.03. The summed E-state index contributed by atoms with van der Waals surface area (Å²) < 4.78 is 21.5. The summed E-state index contributed by atoms with van der Waals surface area (Å²) in [5.74, 6) is -1.70. The molecule has 2 aromatic rings. The highest BCUT2D eigenvalue weighted by Gasteiger charge is 2.36. The number of ether oxygens (including phenoxy) is 4. The molecule has 0 aromatic heterocycles. The van der Waals surface area contributed by atoms with Gasteiger partial charge in [0.1, 0.15) is 17.4 Å². The molecule has 1 heterocycles. The van der Waals surface area contributed by atoms with Crippen LogP contribution in [0.4, 0.5) is 0 Å². The minimum absolute atomic E-state index is 0.0477. The normalized spacial score (nSPS) is 15.4. The number of rotatable bonds is 6. The number of esters is 2. The van der Waals surface area contributed by atoms with Crippen LogP contribution < -0.4 is 15.2 Å². The van der Waals surface area contributed by atoms with Crippen molar-refractivity contribution in [2.24, 2.45) is 5.73 Å². The van der Waals surface area contributed by atoms with E-state index in [2.05, 4.69) is 0 Å². The third kappa shape index (κ3) is 4.78. The lowest BCUT2D eigenvalue weighted by molar-refractivity contribution is -0.139. The number of nitrogens with two attached hydrogens (primary N) is 1. The van der Waals surface area contributed by atoms with Gasteiger partial charge in [0.15, 0.2) is 11.5 Å². The highest BCUT2D eigenvalue weighted by atomic mass is 35.5. The first-order valence-corrected chi connectivity index (χ1v) is 10.3. The summed E-state index contributed by atoms with van der Waals surface area (Å²) in [7, 11) is 1.40. The number of benzene rings is 2. The van der Waals surface area contributed by atoms with Crippen LogP contribution >= 0.6 is 11.6 Å². The van der Waals surface area contributed by atoms with Crippen LogP contribution in [0.3, 0.4) is 0 Å². The fourth-order valence-corrected chi connectivity index (χ4v) is 3.63. The lowest BCUT2D eigenvalue weighted by Crippen LogP contribution is -2.25. The molecule has 1 unspecified atom stereocenters. The largest absolute Gasteiger partial charge is 0.493 e. The van der Waals surface area contributed by atoms with Gasteiger partial charge in [-0.25, -0.2) is 9.59 Å². The monoisotopic (exact) mass is 468 g/mol. The van der Waals surface area contributed by atoms with Gasteiger partial charge in [0.05, 0.1) is 35.8 Å². The average Bonchev–Trinajstić information content (AvgIpc) is 2.79. The molecule has 0 fully saturated rings. The topological polar surface area (TPSA) is 121 Å². The number of methoxy groups -OCH3 is 1. The van der Waals surface area contributed by atoms with Gasteiger partial charge in [-0.2, -0.15) is 5.26 Å². The SMILES string of the molecule is CCOC(=O)C1=C(C)OC(N)=C(C#N)C1c1ccc(OC(=O)c2ccccc2Cl)c(OC)c1. The van der Waals surface area contributed by atoms with E-state index in [1.165, 1.54) is 13.2 Å². The Kier molecular flexibility index (Phi) is 7.26. The maximum absolute atomic E-state index is 12.7. The van der Waals surface area contributed by atoms with Crippen LogP contribution in [0.25, 0.3) is 0 Å². The van der Waals surface area contributed by atoms with E-state index in [1.54, 1.807) is 50.2 Å². The van der Waals surface area contributed by atoms with Crippen LogP contribution in [-0.4, -0.2) is 25.7 Å². The first-order chi connectivity index (χ1) is 15.8. The van der Waals surface area contributed by atoms with Gasteiger partial charge in [-0.1, -0.05) is 29.8 Å². The third-order valence-corrected chi connectivity index (χ3v) is 5.25. The molecule has 33 heavy (non-hydrogen) atoms. The molecule has 9 heteroatoms. The summed E-state index contributed by atoms with van der Waals surface area (Å²) >= 11 is 6.08. The van der Waals surface area contributed by atoms with Gasteiger partial charge in [0, 0.05) is 0 Å². The Bertz CT molecular complexity index is 1210. The van der Waals surface area contributed by atoms with Gasteiger partial charge in [0.25, 0.3) is 0 Å². The zero-order chi connectivity index (χ0) is 24.1. The predicted octanol–water partition coefficient (Wildman–Crippen LogP) is 4.21.